The van der Waals surface area contributed by atoms with E-state index < -0.39 is 29.9 Å². The predicted molar refractivity (Wildman–Crippen MR) is 121 cm³/mol. The lowest BCUT2D eigenvalue weighted by molar-refractivity contribution is -0.145. The molecule has 2 saturated carbocycles. The van der Waals surface area contributed by atoms with Crippen molar-refractivity contribution in [3.8, 4) is 0 Å². The molecule has 4 rings (SSSR count). The number of rotatable bonds is 6. The van der Waals surface area contributed by atoms with Gasteiger partial charge >= 0.3 is 5.97 Å². The Hall–Kier alpha value is -1.54. The Kier molecular flexibility index (Phi) is 6.18. The van der Waals surface area contributed by atoms with Gasteiger partial charge in [-0.1, -0.05) is 32.9 Å². The van der Waals surface area contributed by atoms with Gasteiger partial charge in [0.15, 0.2) is 11.4 Å². The summed E-state index contributed by atoms with van der Waals surface area (Å²) < 4.78 is 11.0. The zero-order chi connectivity index (χ0) is 24.3. The number of fused-ring (bicyclic) bond motifs is 2. The molecule has 3 aliphatic carbocycles. The standard InChI is InChI=1S/C26H38O7/c1-14-6-7-18-24(3,4)19(28)8-9-25(18,5)17(14)12-26-20(29)11-16(22(31)23(26)33-26)13-32-21(30)10-15(2)27/h11,15,17-19,22-23,27-28,31H,1,6-10,12-13H2,2-5H3. The summed E-state index contributed by atoms with van der Waals surface area (Å²) >= 11 is 0. The van der Waals surface area contributed by atoms with Gasteiger partial charge in [-0.3, -0.25) is 9.59 Å². The number of allylic oxidation sites excluding steroid dienone is 1. The maximum Gasteiger partial charge on any atom is 0.308 e. The first-order valence-electron chi connectivity index (χ1n) is 12.1. The molecule has 0 radical (unpaired) electrons. The van der Waals surface area contributed by atoms with Crippen LogP contribution in [-0.2, 0) is 19.1 Å². The molecule has 1 aliphatic heterocycles. The zero-order valence-corrected chi connectivity index (χ0v) is 20.2. The molecule has 0 aromatic rings. The molecule has 0 spiro atoms. The van der Waals surface area contributed by atoms with Crippen LogP contribution in [-0.4, -0.2) is 63.7 Å². The molecular weight excluding hydrogens is 424 g/mol. The van der Waals surface area contributed by atoms with Gasteiger partial charge in [0, 0.05) is 5.57 Å². The van der Waals surface area contributed by atoms with Crippen LogP contribution >= 0.6 is 0 Å². The van der Waals surface area contributed by atoms with Crippen molar-refractivity contribution in [2.75, 3.05) is 6.61 Å². The van der Waals surface area contributed by atoms with Crippen LogP contribution in [0.15, 0.2) is 23.8 Å². The quantitative estimate of drug-likeness (QED) is 0.315. The van der Waals surface area contributed by atoms with Gasteiger partial charge in [0.05, 0.1) is 18.6 Å². The van der Waals surface area contributed by atoms with E-state index in [1.54, 1.807) is 0 Å². The first-order chi connectivity index (χ1) is 15.3. The van der Waals surface area contributed by atoms with E-state index >= 15 is 0 Å². The Morgan fingerprint density at radius 2 is 2.00 bits per heavy atom. The molecule has 8 atom stereocenters. The predicted octanol–water partition coefficient (Wildman–Crippen LogP) is 2.47. The zero-order valence-electron chi connectivity index (χ0n) is 20.2. The van der Waals surface area contributed by atoms with Crippen LogP contribution in [0.3, 0.4) is 0 Å². The molecule has 3 fully saturated rings. The minimum atomic E-state index is -1.06. The molecule has 1 saturated heterocycles. The molecule has 33 heavy (non-hydrogen) atoms. The van der Waals surface area contributed by atoms with Crippen LogP contribution < -0.4 is 0 Å². The van der Waals surface area contributed by atoms with Gasteiger partial charge in [-0.05, 0) is 67.8 Å². The minimum absolute atomic E-state index is 0.0583. The van der Waals surface area contributed by atoms with Gasteiger partial charge in [-0.15, -0.1) is 0 Å². The number of ether oxygens (including phenoxy) is 2. The lowest BCUT2D eigenvalue weighted by atomic mass is 9.46. The van der Waals surface area contributed by atoms with Gasteiger partial charge in [-0.2, -0.15) is 0 Å². The Morgan fingerprint density at radius 1 is 1.30 bits per heavy atom. The van der Waals surface area contributed by atoms with Crippen molar-refractivity contribution in [2.24, 2.45) is 22.7 Å². The summed E-state index contributed by atoms with van der Waals surface area (Å²) in [4.78, 5) is 24.9. The highest BCUT2D eigenvalue weighted by atomic mass is 16.6. The number of carbonyl (C=O) groups is 2. The highest BCUT2D eigenvalue weighted by Gasteiger charge is 2.69. The smallest absolute Gasteiger partial charge is 0.308 e. The molecule has 7 heteroatoms. The second-order valence-electron chi connectivity index (χ2n) is 11.6. The molecular formula is C26H38O7. The number of ketones is 1. The summed E-state index contributed by atoms with van der Waals surface area (Å²) in [6.45, 7) is 12.2. The third-order valence-electron chi connectivity index (χ3n) is 9.06. The molecule has 8 unspecified atom stereocenters. The number of carbonyl (C=O) groups excluding carboxylic acids is 2. The second-order valence-corrected chi connectivity index (χ2v) is 11.6. The maximum absolute atomic E-state index is 13.2. The van der Waals surface area contributed by atoms with E-state index in [4.69, 9.17) is 9.47 Å². The summed E-state index contributed by atoms with van der Waals surface area (Å²) in [6.07, 6.45) is 2.28. The molecule has 3 N–H and O–H groups in total. The monoisotopic (exact) mass is 462 g/mol. The molecule has 0 amide bonds. The first-order valence-corrected chi connectivity index (χ1v) is 12.1. The summed E-state index contributed by atoms with van der Waals surface area (Å²) in [5, 5.41) is 30.8. The van der Waals surface area contributed by atoms with E-state index in [1.165, 1.54) is 13.0 Å². The van der Waals surface area contributed by atoms with E-state index in [2.05, 4.69) is 27.4 Å². The van der Waals surface area contributed by atoms with Gasteiger partial charge < -0.3 is 24.8 Å². The largest absolute Gasteiger partial charge is 0.461 e. The molecule has 0 bridgehead atoms. The van der Waals surface area contributed by atoms with Crippen molar-refractivity contribution in [1.29, 1.82) is 0 Å². The van der Waals surface area contributed by atoms with Gasteiger partial charge in [-0.25, -0.2) is 0 Å². The van der Waals surface area contributed by atoms with E-state index in [1.807, 2.05) is 0 Å². The number of aliphatic hydroxyl groups is 3. The molecule has 7 nitrogen and oxygen atoms in total. The normalized spacial score (nSPS) is 42.6. The number of epoxide rings is 1. The van der Waals surface area contributed by atoms with Crippen LogP contribution in [0.1, 0.15) is 66.2 Å². The van der Waals surface area contributed by atoms with E-state index in [0.29, 0.717) is 17.9 Å². The fourth-order valence-electron chi connectivity index (χ4n) is 6.98. The fraction of sp³-hybridized carbons (Fsp3) is 0.769. The Morgan fingerprint density at radius 3 is 2.67 bits per heavy atom. The Bertz CT molecular complexity index is 874. The number of hydrogen-bond acceptors (Lipinski definition) is 7. The summed E-state index contributed by atoms with van der Waals surface area (Å²) in [5.41, 5.74) is 0.0616. The lowest BCUT2D eigenvalue weighted by Crippen LogP contribution is -2.56. The van der Waals surface area contributed by atoms with E-state index in [0.717, 1.165) is 31.3 Å². The second kappa shape index (κ2) is 8.29. The van der Waals surface area contributed by atoms with Gasteiger partial charge in [0.25, 0.3) is 0 Å². The lowest BCUT2D eigenvalue weighted by Gasteiger charge is -2.59. The molecule has 0 aromatic carbocycles. The highest BCUT2D eigenvalue weighted by Crippen LogP contribution is 2.64. The Labute approximate surface area is 195 Å². The first kappa shape index (κ1) is 24.6. The Balaban J connectivity index is 1.51. The molecule has 0 aromatic heterocycles. The fourth-order valence-corrected chi connectivity index (χ4v) is 6.98. The van der Waals surface area contributed by atoms with Crippen LogP contribution in [0.5, 0.6) is 0 Å². The average molecular weight is 463 g/mol. The molecule has 4 aliphatic rings. The van der Waals surface area contributed by atoms with Crippen molar-refractivity contribution >= 4 is 11.8 Å². The number of aliphatic hydroxyl groups excluding tert-OH is 3. The SMILES string of the molecule is C=C1CCC2C(C)(C)C(O)CCC2(C)C1CC12OC1C(O)C(COC(=O)CC(C)O)=CC2=O. The van der Waals surface area contributed by atoms with Crippen LogP contribution in [0.4, 0.5) is 0 Å². The summed E-state index contributed by atoms with van der Waals surface area (Å²) in [6, 6.07) is 0. The third-order valence-corrected chi connectivity index (χ3v) is 9.06. The van der Waals surface area contributed by atoms with Crippen molar-refractivity contribution in [1.82, 2.24) is 0 Å². The number of hydrogen-bond donors (Lipinski definition) is 3. The van der Waals surface area contributed by atoms with Gasteiger partial charge in [0.1, 0.15) is 18.8 Å². The van der Waals surface area contributed by atoms with Crippen molar-refractivity contribution in [2.45, 2.75) is 96.2 Å². The van der Waals surface area contributed by atoms with Crippen molar-refractivity contribution in [3.05, 3.63) is 23.8 Å². The van der Waals surface area contributed by atoms with E-state index in [-0.39, 0.29) is 41.7 Å². The van der Waals surface area contributed by atoms with Crippen LogP contribution in [0.2, 0.25) is 0 Å². The van der Waals surface area contributed by atoms with Crippen LogP contribution in [0, 0.1) is 22.7 Å². The molecule has 184 valence electrons. The third kappa shape index (κ3) is 4.01. The topological polar surface area (TPSA) is 117 Å². The summed E-state index contributed by atoms with van der Waals surface area (Å²) in [7, 11) is 0. The van der Waals surface area contributed by atoms with Crippen molar-refractivity contribution < 1.29 is 34.4 Å². The van der Waals surface area contributed by atoms with Crippen molar-refractivity contribution in [3.63, 3.8) is 0 Å². The maximum atomic E-state index is 13.2. The molecule has 1 heterocycles. The summed E-state index contributed by atoms with van der Waals surface area (Å²) in [5.74, 6) is -0.421. The minimum Gasteiger partial charge on any atom is -0.461 e. The highest BCUT2D eigenvalue weighted by molar-refractivity contribution is 6.02. The van der Waals surface area contributed by atoms with E-state index in [9.17, 15) is 24.9 Å². The van der Waals surface area contributed by atoms with Crippen LogP contribution in [0.25, 0.3) is 0 Å². The average Bonchev–Trinajstić information content (AvgIpc) is 3.46. The number of esters is 1. The van der Waals surface area contributed by atoms with Gasteiger partial charge in [0.2, 0.25) is 0 Å².